The van der Waals surface area contributed by atoms with E-state index in [1.54, 1.807) is 7.11 Å². The number of hydrogen-bond donors (Lipinski definition) is 2. The molecule has 1 heterocycles. The Hall–Kier alpha value is -3.02. The van der Waals surface area contributed by atoms with Gasteiger partial charge >= 0.3 is 11.8 Å². The van der Waals surface area contributed by atoms with Crippen LogP contribution in [0.4, 0.5) is 5.69 Å². The van der Waals surface area contributed by atoms with Crippen molar-refractivity contribution in [1.82, 2.24) is 10.6 Å². The Labute approximate surface area is 185 Å². The van der Waals surface area contributed by atoms with E-state index >= 15 is 0 Å². The predicted octanol–water partition coefficient (Wildman–Crippen LogP) is 3.44. The van der Waals surface area contributed by atoms with Gasteiger partial charge in [-0.15, -0.1) is 0 Å². The van der Waals surface area contributed by atoms with E-state index in [1.807, 2.05) is 24.3 Å². The minimum atomic E-state index is -0.632. The fourth-order valence-electron chi connectivity index (χ4n) is 3.88. The van der Waals surface area contributed by atoms with Gasteiger partial charge in [-0.05, 0) is 49.4 Å². The largest absolute Gasteiger partial charge is 0.496 e. The standard InChI is InChI=1S/C25H33N3O3/c1-31-23-11-5-4-10-21(23)19-27-25(30)24(29)26-16-8-9-20-12-14-22(15-13-20)28-17-6-2-3-7-18-28/h4-5,10-15H,2-3,6-9,16-19H2,1H3,(H,26,29)(H,27,30). The molecule has 2 aromatic carbocycles. The minimum Gasteiger partial charge on any atom is -0.496 e. The highest BCUT2D eigenvalue weighted by Crippen LogP contribution is 2.20. The summed E-state index contributed by atoms with van der Waals surface area (Å²) in [6, 6.07) is 16.1. The smallest absolute Gasteiger partial charge is 0.309 e. The highest BCUT2D eigenvalue weighted by Gasteiger charge is 2.13. The fraction of sp³-hybridized carbons (Fsp3) is 0.440. The molecule has 6 nitrogen and oxygen atoms in total. The van der Waals surface area contributed by atoms with Gasteiger partial charge in [0.15, 0.2) is 0 Å². The molecule has 166 valence electrons. The second-order valence-electron chi connectivity index (χ2n) is 7.92. The van der Waals surface area contributed by atoms with Crippen LogP contribution in [0.3, 0.4) is 0 Å². The average molecular weight is 424 g/mol. The van der Waals surface area contributed by atoms with Crippen molar-refractivity contribution >= 4 is 17.5 Å². The summed E-state index contributed by atoms with van der Waals surface area (Å²) >= 11 is 0. The second kappa shape index (κ2) is 12.0. The number of hydrogen-bond acceptors (Lipinski definition) is 4. The van der Waals surface area contributed by atoms with Gasteiger partial charge in [0.1, 0.15) is 5.75 Å². The third-order valence-electron chi connectivity index (χ3n) is 5.67. The van der Waals surface area contributed by atoms with Gasteiger partial charge in [0.2, 0.25) is 0 Å². The number of carbonyl (C=O) groups excluding carboxylic acids is 2. The summed E-state index contributed by atoms with van der Waals surface area (Å²) < 4.78 is 5.25. The number of nitrogens with one attached hydrogen (secondary N) is 2. The van der Waals surface area contributed by atoms with Gasteiger partial charge in [-0.2, -0.15) is 0 Å². The van der Waals surface area contributed by atoms with Crippen molar-refractivity contribution in [3.05, 3.63) is 59.7 Å². The van der Waals surface area contributed by atoms with Gasteiger partial charge in [0.25, 0.3) is 0 Å². The van der Waals surface area contributed by atoms with Crippen molar-refractivity contribution in [2.24, 2.45) is 0 Å². The number of benzene rings is 2. The SMILES string of the molecule is COc1ccccc1CNC(=O)C(=O)NCCCc1ccc(N2CCCCCC2)cc1. The quantitative estimate of drug-likeness (QED) is 0.504. The molecule has 1 aliphatic rings. The first kappa shape index (κ1) is 22.7. The van der Waals surface area contributed by atoms with Gasteiger partial charge in [-0.3, -0.25) is 9.59 Å². The maximum absolute atomic E-state index is 12.0. The monoisotopic (exact) mass is 423 g/mol. The number of ether oxygens (including phenoxy) is 1. The minimum absolute atomic E-state index is 0.250. The maximum atomic E-state index is 12.0. The molecule has 1 aliphatic heterocycles. The van der Waals surface area contributed by atoms with Crippen molar-refractivity contribution in [1.29, 1.82) is 0 Å². The molecule has 2 amide bonds. The van der Waals surface area contributed by atoms with Crippen LogP contribution < -0.4 is 20.3 Å². The van der Waals surface area contributed by atoms with E-state index in [4.69, 9.17) is 4.74 Å². The molecule has 1 fully saturated rings. The molecule has 2 N–H and O–H groups in total. The first-order valence-corrected chi connectivity index (χ1v) is 11.2. The summed E-state index contributed by atoms with van der Waals surface area (Å²) in [6.07, 6.45) is 6.86. The summed E-state index contributed by atoms with van der Waals surface area (Å²) in [4.78, 5) is 26.5. The van der Waals surface area contributed by atoms with E-state index in [9.17, 15) is 9.59 Å². The van der Waals surface area contributed by atoms with Crippen LogP contribution in [0.15, 0.2) is 48.5 Å². The number of nitrogens with zero attached hydrogens (tertiary/aromatic N) is 1. The third kappa shape index (κ3) is 7.02. The highest BCUT2D eigenvalue weighted by atomic mass is 16.5. The Morgan fingerprint density at radius 3 is 2.29 bits per heavy atom. The van der Waals surface area contributed by atoms with Crippen molar-refractivity contribution < 1.29 is 14.3 Å². The van der Waals surface area contributed by atoms with Crippen LogP contribution in [0.2, 0.25) is 0 Å². The lowest BCUT2D eigenvalue weighted by atomic mass is 10.1. The van der Waals surface area contributed by atoms with E-state index < -0.39 is 11.8 Å². The van der Waals surface area contributed by atoms with E-state index in [2.05, 4.69) is 39.8 Å². The number of aryl methyl sites for hydroxylation is 1. The third-order valence-corrected chi connectivity index (χ3v) is 5.67. The maximum Gasteiger partial charge on any atom is 0.309 e. The number of carbonyl (C=O) groups is 2. The Morgan fingerprint density at radius 2 is 1.58 bits per heavy atom. The molecule has 0 bridgehead atoms. The molecule has 0 saturated carbocycles. The van der Waals surface area contributed by atoms with Crippen LogP contribution in [0, 0.1) is 0 Å². The first-order chi connectivity index (χ1) is 15.2. The van der Waals surface area contributed by atoms with E-state index in [1.165, 1.54) is 36.9 Å². The lowest BCUT2D eigenvalue weighted by molar-refractivity contribution is -0.139. The Kier molecular flexibility index (Phi) is 8.76. The zero-order valence-corrected chi connectivity index (χ0v) is 18.4. The summed E-state index contributed by atoms with van der Waals surface area (Å²) in [7, 11) is 1.58. The van der Waals surface area contributed by atoms with Gasteiger partial charge in [0, 0.05) is 37.4 Å². The molecule has 0 unspecified atom stereocenters. The molecular weight excluding hydrogens is 390 g/mol. The van der Waals surface area contributed by atoms with Crippen LogP contribution in [-0.4, -0.2) is 38.6 Å². The average Bonchev–Trinajstić information content (AvgIpc) is 3.10. The molecule has 3 rings (SSSR count). The predicted molar refractivity (Wildman–Crippen MR) is 123 cm³/mol. The summed E-state index contributed by atoms with van der Waals surface area (Å²) in [5.74, 6) is -0.552. The Morgan fingerprint density at radius 1 is 0.903 bits per heavy atom. The molecule has 2 aromatic rings. The molecule has 0 aliphatic carbocycles. The highest BCUT2D eigenvalue weighted by molar-refractivity contribution is 6.35. The van der Waals surface area contributed by atoms with Crippen LogP contribution in [-0.2, 0) is 22.6 Å². The molecule has 1 saturated heterocycles. The fourth-order valence-corrected chi connectivity index (χ4v) is 3.88. The Balaban J connectivity index is 1.36. The van der Waals surface area contributed by atoms with Crippen LogP contribution in [0.1, 0.15) is 43.2 Å². The molecule has 0 radical (unpaired) electrons. The number of rotatable bonds is 8. The van der Waals surface area contributed by atoms with Gasteiger partial charge < -0.3 is 20.3 Å². The van der Waals surface area contributed by atoms with Crippen molar-refractivity contribution in [2.75, 3.05) is 31.6 Å². The van der Waals surface area contributed by atoms with Crippen LogP contribution >= 0.6 is 0 Å². The number of methoxy groups -OCH3 is 1. The van der Waals surface area contributed by atoms with Crippen molar-refractivity contribution in [3.63, 3.8) is 0 Å². The molecule has 0 spiro atoms. The van der Waals surface area contributed by atoms with Gasteiger partial charge in [-0.25, -0.2) is 0 Å². The van der Waals surface area contributed by atoms with Crippen molar-refractivity contribution in [2.45, 2.75) is 45.1 Å². The number of anilines is 1. The van der Waals surface area contributed by atoms with Crippen molar-refractivity contribution in [3.8, 4) is 5.75 Å². The summed E-state index contributed by atoms with van der Waals surface area (Å²) in [5.41, 5.74) is 3.37. The lowest BCUT2D eigenvalue weighted by Crippen LogP contribution is -2.40. The summed E-state index contributed by atoms with van der Waals surface area (Å²) in [6.45, 7) is 3.00. The Bertz CT molecular complexity index is 843. The molecule has 6 heteroatoms. The molecule has 0 atom stereocenters. The zero-order chi connectivity index (χ0) is 21.9. The zero-order valence-electron chi connectivity index (χ0n) is 18.4. The van der Waals surface area contributed by atoms with Gasteiger partial charge in [0.05, 0.1) is 7.11 Å². The topological polar surface area (TPSA) is 70.7 Å². The second-order valence-corrected chi connectivity index (χ2v) is 7.92. The number of para-hydroxylation sites is 1. The molecular formula is C25H33N3O3. The van der Waals surface area contributed by atoms with Crippen LogP contribution in [0.5, 0.6) is 5.75 Å². The van der Waals surface area contributed by atoms with E-state index in [0.717, 1.165) is 31.5 Å². The molecule has 31 heavy (non-hydrogen) atoms. The van der Waals surface area contributed by atoms with Gasteiger partial charge in [-0.1, -0.05) is 43.2 Å². The molecule has 0 aromatic heterocycles. The first-order valence-electron chi connectivity index (χ1n) is 11.2. The summed E-state index contributed by atoms with van der Waals surface area (Å²) in [5, 5.41) is 5.34. The lowest BCUT2D eigenvalue weighted by Gasteiger charge is -2.22. The van der Waals surface area contributed by atoms with Crippen LogP contribution in [0.25, 0.3) is 0 Å². The number of amides is 2. The van der Waals surface area contributed by atoms with E-state index in [0.29, 0.717) is 12.3 Å². The van der Waals surface area contributed by atoms with E-state index in [-0.39, 0.29) is 6.54 Å². The normalized spacial score (nSPS) is 13.9.